The minimum atomic E-state index is -0.695. The van der Waals surface area contributed by atoms with E-state index < -0.39 is 17.7 Å². The van der Waals surface area contributed by atoms with Gasteiger partial charge >= 0.3 is 0 Å². The number of carbonyl (C=O) groups excluding carboxylic acids is 1. The Balaban J connectivity index is 1.62. The molecule has 0 radical (unpaired) electrons. The van der Waals surface area contributed by atoms with Gasteiger partial charge < -0.3 is 5.32 Å². The highest BCUT2D eigenvalue weighted by Crippen LogP contribution is 2.22. The Bertz CT molecular complexity index is 991. The van der Waals surface area contributed by atoms with Crippen molar-refractivity contribution < 1.29 is 13.6 Å². The van der Waals surface area contributed by atoms with E-state index in [9.17, 15) is 13.6 Å². The molecule has 0 fully saturated rings. The largest absolute Gasteiger partial charge is 0.349 e. The van der Waals surface area contributed by atoms with Crippen LogP contribution in [-0.2, 0) is 4.79 Å². The molecule has 1 heterocycles. The van der Waals surface area contributed by atoms with Gasteiger partial charge in [-0.2, -0.15) is 4.68 Å². The predicted octanol–water partition coefficient (Wildman–Crippen LogP) is 4.03. The number of hydrogen-bond donors (Lipinski definition) is 1. The second-order valence-electron chi connectivity index (χ2n) is 6.86. The highest BCUT2D eigenvalue weighted by atomic mass is 32.2. The van der Waals surface area contributed by atoms with Crippen LogP contribution in [0.1, 0.15) is 43.9 Å². The molecule has 0 aliphatic carbocycles. The molecule has 0 saturated heterocycles. The van der Waals surface area contributed by atoms with E-state index >= 15 is 0 Å². The summed E-state index contributed by atoms with van der Waals surface area (Å²) in [4.78, 5) is 12.3. The molecule has 0 spiro atoms. The number of tetrazole rings is 1. The first kappa shape index (κ1) is 20.9. The fourth-order valence-electron chi connectivity index (χ4n) is 2.78. The van der Waals surface area contributed by atoms with Crippen LogP contribution in [0.2, 0.25) is 0 Å². The summed E-state index contributed by atoms with van der Waals surface area (Å²) in [7, 11) is 0. The maximum atomic E-state index is 13.9. The summed E-state index contributed by atoms with van der Waals surface area (Å²) in [6.07, 6.45) is 0. The van der Waals surface area contributed by atoms with Gasteiger partial charge in [-0.1, -0.05) is 43.8 Å². The number of amides is 1. The zero-order valence-corrected chi connectivity index (χ0v) is 17.1. The highest BCUT2D eigenvalue weighted by molar-refractivity contribution is 7.99. The molecule has 0 saturated carbocycles. The summed E-state index contributed by atoms with van der Waals surface area (Å²) in [6, 6.07) is 10.6. The van der Waals surface area contributed by atoms with Gasteiger partial charge in [0.2, 0.25) is 11.1 Å². The average Bonchev–Trinajstić information content (AvgIpc) is 3.15. The van der Waals surface area contributed by atoms with Crippen LogP contribution in [0.3, 0.4) is 0 Å². The SMILES string of the molecule is CC(C)c1ccc(-n2nnnc2SCC(=O)N[C@@H](C)c2ccc(F)cc2F)cc1. The molecule has 1 amide bonds. The summed E-state index contributed by atoms with van der Waals surface area (Å²) in [5, 5.41) is 14.8. The van der Waals surface area contributed by atoms with Crippen molar-refractivity contribution in [3.8, 4) is 5.69 Å². The van der Waals surface area contributed by atoms with Gasteiger partial charge in [-0.15, -0.1) is 5.10 Å². The monoisotopic (exact) mass is 417 g/mol. The lowest BCUT2D eigenvalue weighted by molar-refractivity contribution is -0.119. The van der Waals surface area contributed by atoms with Gasteiger partial charge in [0.25, 0.3) is 0 Å². The second-order valence-corrected chi connectivity index (χ2v) is 7.81. The first-order valence-corrected chi connectivity index (χ1v) is 10.1. The van der Waals surface area contributed by atoms with Crippen molar-refractivity contribution >= 4 is 17.7 Å². The lowest BCUT2D eigenvalue weighted by Crippen LogP contribution is -2.28. The van der Waals surface area contributed by atoms with Gasteiger partial charge in [-0.25, -0.2) is 8.78 Å². The molecule has 152 valence electrons. The molecule has 9 heteroatoms. The molecule has 0 unspecified atom stereocenters. The Hall–Kier alpha value is -2.81. The number of aromatic nitrogens is 4. The number of rotatable bonds is 7. The van der Waals surface area contributed by atoms with Crippen LogP contribution >= 0.6 is 11.8 Å². The van der Waals surface area contributed by atoms with Gasteiger partial charge in [-0.3, -0.25) is 4.79 Å². The molecule has 1 aromatic heterocycles. The Labute approximate surface area is 171 Å². The first-order chi connectivity index (χ1) is 13.8. The van der Waals surface area contributed by atoms with Gasteiger partial charge in [0.1, 0.15) is 11.6 Å². The van der Waals surface area contributed by atoms with E-state index in [2.05, 4.69) is 34.7 Å². The molecule has 29 heavy (non-hydrogen) atoms. The lowest BCUT2D eigenvalue weighted by atomic mass is 10.0. The highest BCUT2D eigenvalue weighted by Gasteiger charge is 2.16. The minimum Gasteiger partial charge on any atom is -0.349 e. The quantitative estimate of drug-likeness (QED) is 0.588. The molecule has 3 aromatic rings. The summed E-state index contributed by atoms with van der Waals surface area (Å²) in [6.45, 7) is 5.87. The van der Waals surface area contributed by atoms with E-state index in [1.807, 2.05) is 24.3 Å². The number of thioether (sulfide) groups is 1. The fourth-order valence-corrected chi connectivity index (χ4v) is 3.48. The van der Waals surface area contributed by atoms with Crippen LogP contribution in [0, 0.1) is 11.6 Å². The van der Waals surface area contributed by atoms with Crippen molar-refractivity contribution in [3.05, 3.63) is 65.2 Å². The average molecular weight is 417 g/mol. The third kappa shape index (κ3) is 5.17. The van der Waals surface area contributed by atoms with E-state index in [-0.39, 0.29) is 17.2 Å². The van der Waals surface area contributed by atoms with E-state index in [1.165, 1.54) is 23.4 Å². The summed E-state index contributed by atoms with van der Waals surface area (Å²) in [5.41, 5.74) is 2.22. The zero-order chi connectivity index (χ0) is 21.0. The second kappa shape index (κ2) is 9.13. The van der Waals surface area contributed by atoms with Gasteiger partial charge in [0, 0.05) is 11.6 Å². The summed E-state index contributed by atoms with van der Waals surface area (Å²) < 4.78 is 28.5. The van der Waals surface area contributed by atoms with E-state index in [0.29, 0.717) is 11.1 Å². The third-order valence-corrected chi connectivity index (χ3v) is 5.30. The van der Waals surface area contributed by atoms with E-state index in [1.54, 1.807) is 11.6 Å². The summed E-state index contributed by atoms with van der Waals surface area (Å²) >= 11 is 1.17. The summed E-state index contributed by atoms with van der Waals surface area (Å²) in [5.74, 6) is -1.19. The number of nitrogens with one attached hydrogen (secondary N) is 1. The Morgan fingerprint density at radius 3 is 2.52 bits per heavy atom. The normalized spacial score (nSPS) is 12.2. The van der Waals surface area contributed by atoms with Gasteiger partial charge in [0.15, 0.2) is 0 Å². The van der Waals surface area contributed by atoms with Crippen molar-refractivity contribution in [1.82, 2.24) is 25.5 Å². The zero-order valence-electron chi connectivity index (χ0n) is 16.3. The molecule has 1 atom stereocenters. The molecule has 0 bridgehead atoms. The van der Waals surface area contributed by atoms with Crippen molar-refractivity contribution in [3.63, 3.8) is 0 Å². The number of benzene rings is 2. The first-order valence-electron chi connectivity index (χ1n) is 9.11. The van der Waals surface area contributed by atoms with Crippen LogP contribution in [0.4, 0.5) is 8.78 Å². The Kier molecular flexibility index (Phi) is 6.58. The van der Waals surface area contributed by atoms with Crippen molar-refractivity contribution in [1.29, 1.82) is 0 Å². The fraction of sp³-hybridized carbons (Fsp3) is 0.300. The Morgan fingerprint density at radius 1 is 1.14 bits per heavy atom. The predicted molar refractivity (Wildman–Crippen MR) is 107 cm³/mol. The molecular formula is C20H21F2N5OS. The number of nitrogens with zero attached hydrogens (tertiary/aromatic N) is 4. The van der Waals surface area contributed by atoms with Crippen LogP contribution in [-0.4, -0.2) is 31.9 Å². The number of hydrogen-bond acceptors (Lipinski definition) is 5. The molecule has 3 rings (SSSR count). The topological polar surface area (TPSA) is 72.7 Å². The molecule has 2 aromatic carbocycles. The molecule has 0 aliphatic rings. The molecule has 0 aliphatic heterocycles. The smallest absolute Gasteiger partial charge is 0.230 e. The van der Waals surface area contributed by atoms with Crippen molar-refractivity contribution in [2.45, 2.75) is 37.9 Å². The maximum Gasteiger partial charge on any atom is 0.230 e. The third-order valence-electron chi connectivity index (χ3n) is 4.38. The minimum absolute atomic E-state index is 0.0532. The maximum absolute atomic E-state index is 13.9. The Morgan fingerprint density at radius 2 is 1.86 bits per heavy atom. The molecular weight excluding hydrogens is 396 g/mol. The lowest BCUT2D eigenvalue weighted by Gasteiger charge is -2.15. The van der Waals surface area contributed by atoms with Crippen molar-refractivity contribution in [2.75, 3.05) is 5.75 Å². The van der Waals surface area contributed by atoms with Gasteiger partial charge in [0.05, 0.1) is 17.5 Å². The standard InChI is InChI=1S/C20H21F2N5OS/c1-12(2)14-4-7-16(8-5-14)27-20(24-25-26-27)29-11-19(28)23-13(3)17-9-6-15(21)10-18(17)22/h4-10,12-13H,11H2,1-3H3,(H,23,28)/t13-/m0/s1. The van der Waals surface area contributed by atoms with E-state index in [0.717, 1.165) is 17.8 Å². The number of halogens is 2. The molecule has 1 N–H and O–H groups in total. The molecule has 6 nitrogen and oxygen atoms in total. The van der Waals surface area contributed by atoms with E-state index in [4.69, 9.17) is 0 Å². The van der Waals surface area contributed by atoms with Crippen molar-refractivity contribution in [2.24, 2.45) is 0 Å². The van der Waals surface area contributed by atoms with Crippen LogP contribution in [0.15, 0.2) is 47.6 Å². The number of carbonyl (C=O) groups is 1. The van der Waals surface area contributed by atoms with Gasteiger partial charge in [-0.05, 0) is 47.0 Å². The van der Waals surface area contributed by atoms with Crippen LogP contribution < -0.4 is 5.32 Å². The van der Waals surface area contributed by atoms with Crippen LogP contribution in [0.5, 0.6) is 0 Å². The van der Waals surface area contributed by atoms with Crippen LogP contribution in [0.25, 0.3) is 5.69 Å².